The number of hydrogen-bond donors (Lipinski definition) is 1. The molecule has 9 heteroatoms. The number of ether oxygens (including phenoxy) is 1. The molecule has 0 aliphatic heterocycles. The van der Waals surface area contributed by atoms with Crippen molar-refractivity contribution in [1.82, 2.24) is 9.62 Å². The SMILES string of the molecule is C=Cc1cc(S(=O)(=O)NC(C(=O)N(C/C(=C/CC)OC)Cc2cccs2)c2ccccc2)ccc1N=C. The molecular weight excluding hydrogens is 506 g/mol. The first-order valence-electron chi connectivity index (χ1n) is 11.7. The van der Waals surface area contributed by atoms with E-state index in [1.165, 1.54) is 29.5 Å². The van der Waals surface area contributed by atoms with E-state index in [0.29, 0.717) is 29.1 Å². The van der Waals surface area contributed by atoms with Gasteiger partial charge < -0.3 is 9.64 Å². The van der Waals surface area contributed by atoms with Crippen molar-refractivity contribution in [1.29, 1.82) is 0 Å². The predicted molar refractivity (Wildman–Crippen MR) is 150 cm³/mol. The van der Waals surface area contributed by atoms with E-state index in [2.05, 4.69) is 23.0 Å². The maximum atomic E-state index is 14.0. The molecule has 1 atom stereocenters. The molecule has 1 aromatic heterocycles. The van der Waals surface area contributed by atoms with Crippen LogP contribution < -0.4 is 4.72 Å². The Morgan fingerprint density at radius 1 is 1.19 bits per heavy atom. The van der Waals surface area contributed by atoms with Gasteiger partial charge in [-0.3, -0.25) is 9.79 Å². The Balaban J connectivity index is 2.03. The Bertz CT molecular complexity index is 1350. The molecule has 194 valence electrons. The lowest BCUT2D eigenvalue weighted by Gasteiger charge is -2.28. The summed E-state index contributed by atoms with van der Waals surface area (Å²) >= 11 is 1.53. The van der Waals surface area contributed by atoms with Crippen molar-refractivity contribution in [2.75, 3.05) is 13.7 Å². The molecule has 37 heavy (non-hydrogen) atoms. The normalized spacial score (nSPS) is 12.5. The number of carbonyl (C=O) groups is 1. The molecule has 0 bridgehead atoms. The van der Waals surface area contributed by atoms with E-state index in [1.807, 2.05) is 36.6 Å². The van der Waals surface area contributed by atoms with E-state index in [0.717, 1.165) is 11.3 Å². The van der Waals surface area contributed by atoms with Crippen LogP contribution in [0.15, 0.2) is 94.3 Å². The molecule has 7 nitrogen and oxygen atoms in total. The zero-order valence-electron chi connectivity index (χ0n) is 21.0. The summed E-state index contributed by atoms with van der Waals surface area (Å²) in [6, 6.07) is 16.0. The quantitative estimate of drug-likeness (QED) is 0.223. The van der Waals surface area contributed by atoms with Gasteiger partial charge in [-0.2, -0.15) is 4.72 Å². The van der Waals surface area contributed by atoms with Crippen LogP contribution in [0.2, 0.25) is 0 Å². The number of benzene rings is 2. The van der Waals surface area contributed by atoms with E-state index >= 15 is 0 Å². The molecule has 0 radical (unpaired) electrons. The lowest BCUT2D eigenvalue weighted by atomic mass is 10.1. The molecule has 1 N–H and O–H groups in total. The van der Waals surface area contributed by atoms with E-state index in [9.17, 15) is 13.2 Å². The van der Waals surface area contributed by atoms with Crippen LogP contribution in [0.5, 0.6) is 0 Å². The van der Waals surface area contributed by atoms with Crippen LogP contribution in [0, 0.1) is 0 Å². The molecule has 0 aliphatic rings. The van der Waals surface area contributed by atoms with Crippen LogP contribution in [-0.4, -0.2) is 39.6 Å². The first-order valence-corrected chi connectivity index (χ1v) is 14.0. The van der Waals surface area contributed by atoms with Gasteiger partial charge in [0.2, 0.25) is 15.9 Å². The second-order valence-corrected chi connectivity index (χ2v) is 10.9. The molecule has 3 aromatic rings. The third-order valence-electron chi connectivity index (χ3n) is 5.63. The van der Waals surface area contributed by atoms with Gasteiger partial charge in [0.05, 0.1) is 30.8 Å². The molecule has 0 saturated heterocycles. The predicted octanol–water partition coefficient (Wildman–Crippen LogP) is 5.71. The highest BCUT2D eigenvalue weighted by Gasteiger charge is 2.31. The Hall–Kier alpha value is -3.53. The van der Waals surface area contributed by atoms with Crippen molar-refractivity contribution in [2.45, 2.75) is 30.8 Å². The number of nitrogens with zero attached hydrogens (tertiary/aromatic N) is 2. The monoisotopic (exact) mass is 537 g/mol. The largest absolute Gasteiger partial charge is 0.500 e. The lowest BCUT2D eigenvalue weighted by molar-refractivity contribution is -0.133. The van der Waals surface area contributed by atoms with Gasteiger partial charge in [0, 0.05) is 10.4 Å². The zero-order chi connectivity index (χ0) is 26.8. The summed E-state index contributed by atoms with van der Waals surface area (Å²) in [4.78, 5) is 20.5. The van der Waals surface area contributed by atoms with Crippen molar-refractivity contribution in [3.05, 3.63) is 100 Å². The Kier molecular flexibility index (Phi) is 9.96. The van der Waals surface area contributed by atoms with Crippen molar-refractivity contribution < 1.29 is 17.9 Å². The number of methoxy groups -OCH3 is 1. The summed E-state index contributed by atoms with van der Waals surface area (Å²) in [7, 11) is -2.54. The number of allylic oxidation sites excluding steroid dienone is 1. The second-order valence-electron chi connectivity index (χ2n) is 8.10. The van der Waals surface area contributed by atoms with Crippen LogP contribution in [0.1, 0.15) is 35.4 Å². The maximum absolute atomic E-state index is 14.0. The summed E-state index contributed by atoms with van der Waals surface area (Å²) in [5.41, 5.74) is 1.56. The number of sulfonamides is 1. The van der Waals surface area contributed by atoms with Crippen molar-refractivity contribution in [2.24, 2.45) is 4.99 Å². The fourth-order valence-electron chi connectivity index (χ4n) is 3.75. The zero-order valence-corrected chi connectivity index (χ0v) is 22.6. The van der Waals surface area contributed by atoms with Crippen LogP contribution >= 0.6 is 11.3 Å². The van der Waals surface area contributed by atoms with Crippen LogP contribution in [0.25, 0.3) is 6.08 Å². The molecule has 0 aliphatic carbocycles. The van der Waals surface area contributed by atoms with Gasteiger partial charge in [0.15, 0.2) is 0 Å². The molecular formula is C28H31N3O4S2. The molecule has 0 spiro atoms. The molecule has 2 aromatic carbocycles. The molecule has 1 unspecified atom stereocenters. The number of nitrogens with one attached hydrogen (secondary N) is 1. The first kappa shape index (κ1) is 28.0. The van der Waals surface area contributed by atoms with E-state index < -0.39 is 22.0 Å². The minimum Gasteiger partial charge on any atom is -0.500 e. The summed E-state index contributed by atoms with van der Waals surface area (Å²) in [6.45, 7) is 9.73. The summed E-state index contributed by atoms with van der Waals surface area (Å²) in [6.07, 6.45) is 4.15. The fraction of sp³-hybridized carbons (Fsp3) is 0.214. The van der Waals surface area contributed by atoms with Gasteiger partial charge in [-0.15, -0.1) is 11.3 Å². The van der Waals surface area contributed by atoms with Gasteiger partial charge in [-0.1, -0.05) is 56.0 Å². The molecule has 1 heterocycles. The van der Waals surface area contributed by atoms with Gasteiger partial charge in [0.25, 0.3) is 0 Å². The summed E-state index contributed by atoms with van der Waals surface area (Å²) < 4.78 is 35.2. The molecule has 1 amide bonds. The third kappa shape index (κ3) is 7.25. The Morgan fingerprint density at radius 3 is 2.54 bits per heavy atom. The van der Waals surface area contributed by atoms with E-state index in [4.69, 9.17) is 4.74 Å². The minimum atomic E-state index is -4.10. The van der Waals surface area contributed by atoms with Crippen LogP contribution in [0.3, 0.4) is 0 Å². The second kappa shape index (κ2) is 13.1. The lowest BCUT2D eigenvalue weighted by Crippen LogP contribution is -2.43. The molecule has 0 fully saturated rings. The van der Waals surface area contributed by atoms with Gasteiger partial charge in [0.1, 0.15) is 11.8 Å². The van der Waals surface area contributed by atoms with E-state index in [1.54, 1.807) is 42.3 Å². The highest BCUT2D eigenvalue weighted by molar-refractivity contribution is 7.89. The van der Waals surface area contributed by atoms with Gasteiger partial charge >= 0.3 is 0 Å². The fourth-order valence-corrected chi connectivity index (χ4v) is 5.68. The van der Waals surface area contributed by atoms with Gasteiger partial charge in [-0.05, 0) is 54.4 Å². The number of rotatable bonds is 13. The number of carbonyl (C=O) groups excluding carboxylic acids is 1. The molecule has 0 saturated carbocycles. The number of thiophene rings is 1. The highest BCUT2D eigenvalue weighted by Crippen LogP contribution is 2.26. The van der Waals surface area contributed by atoms with E-state index in [-0.39, 0.29) is 11.4 Å². The first-order chi connectivity index (χ1) is 17.8. The summed E-state index contributed by atoms with van der Waals surface area (Å²) in [5.74, 6) is 0.237. The standard InChI is InChI=1S/C28H31N3O4S2/c1-5-11-23(35-4)19-31(20-24-14-10-17-36-24)28(32)27(22-12-8-7-9-13-22)30-37(33,34)25-15-16-26(29-3)21(6-2)18-25/h6-18,27,30H,2-3,5,19-20H2,1,4H3/b23-11-. The minimum absolute atomic E-state index is 0.00297. The van der Waals surface area contributed by atoms with Gasteiger partial charge in [-0.25, -0.2) is 8.42 Å². The number of amides is 1. The van der Waals surface area contributed by atoms with Crippen LogP contribution in [0.4, 0.5) is 5.69 Å². The third-order valence-corrected chi connectivity index (χ3v) is 7.91. The average Bonchev–Trinajstić information content (AvgIpc) is 3.43. The topological polar surface area (TPSA) is 88.1 Å². The Morgan fingerprint density at radius 2 is 1.95 bits per heavy atom. The van der Waals surface area contributed by atoms with Crippen molar-refractivity contribution in [3.63, 3.8) is 0 Å². The number of hydrogen-bond acceptors (Lipinski definition) is 6. The Labute approximate surface area is 222 Å². The van der Waals surface area contributed by atoms with Crippen molar-refractivity contribution in [3.8, 4) is 0 Å². The average molecular weight is 538 g/mol. The summed E-state index contributed by atoms with van der Waals surface area (Å²) in [5, 5.41) is 1.94. The maximum Gasteiger partial charge on any atom is 0.246 e. The highest BCUT2D eigenvalue weighted by atomic mass is 32.2. The number of aliphatic imine (C=N–C) groups is 1. The molecule has 3 rings (SSSR count). The van der Waals surface area contributed by atoms with Crippen LogP contribution in [-0.2, 0) is 26.1 Å². The smallest absolute Gasteiger partial charge is 0.246 e. The van der Waals surface area contributed by atoms with Crippen molar-refractivity contribution >= 4 is 45.7 Å².